The minimum atomic E-state index is -0.552. The van der Waals surface area contributed by atoms with Crippen molar-refractivity contribution in [3.63, 3.8) is 0 Å². The van der Waals surface area contributed by atoms with Crippen LogP contribution in [0.1, 0.15) is 42.2 Å². The number of carbonyl (C=O) groups is 3. The lowest BCUT2D eigenvalue weighted by atomic mass is 10.0. The molecular weight excluding hydrogens is 390 g/mol. The normalized spacial score (nSPS) is 11.4. The molecule has 154 valence electrons. The lowest BCUT2D eigenvalue weighted by Gasteiger charge is -2.21. The van der Waals surface area contributed by atoms with E-state index in [0.717, 1.165) is 5.56 Å². The van der Waals surface area contributed by atoms with Crippen molar-refractivity contribution >= 4 is 29.3 Å². The molecule has 1 unspecified atom stereocenters. The van der Waals surface area contributed by atoms with Crippen molar-refractivity contribution in [1.82, 2.24) is 15.5 Å². The molecule has 2 aromatic carbocycles. The first-order valence-corrected chi connectivity index (χ1v) is 9.98. The van der Waals surface area contributed by atoms with E-state index in [1.54, 1.807) is 29.2 Å². The molecule has 3 amide bonds. The van der Waals surface area contributed by atoms with E-state index in [1.807, 2.05) is 44.2 Å². The van der Waals surface area contributed by atoms with E-state index in [9.17, 15) is 14.4 Å². The third-order valence-corrected chi connectivity index (χ3v) is 4.90. The number of likely N-dealkylation sites (N-methyl/N-ethyl adjacent to an activating group) is 1. The summed E-state index contributed by atoms with van der Waals surface area (Å²) < 4.78 is 0. The van der Waals surface area contributed by atoms with Gasteiger partial charge in [-0.1, -0.05) is 54.1 Å². The van der Waals surface area contributed by atoms with Gasteiger partial charge in [0.15, 0.2) is 0 Å². The maximum Gasteiger partial charge on any atom is 0.253 e. The first kappa shape index (κ1) is 22.4. The number of benzene rings is 2. The molecule has 0 bridgehead atoms. The number of nitrogens with one attached hydrogen (secondary N) is 2. The molecular formula is C22H26ClN3O3. The molecule has 0 heterocycles. The van der Waals surface area contributed by atoms with Crippen LogP contribution in [0.25, 0.3) is 0 Å². The Morgan fingerprint density at radius 1 is 0.966 bits per heavy atom. The minimum absolute atomic E-state index is 0.00569. The molecule has 0 aliphatic heterocycles. The van der Waals surface area contributed by atoms with Crippen LogP contribution in [0.2, 0.25) is 5.02 Å². The number of rotatable bonds is 9. The maximum atomic E-state index is 12.7. The highest BCUT2D eigenvalue weighted by molar-refractivity contribution is 6.33. The van der Waals surface area contributed by atoms with Gasteiger partial charge in [0.05, 0.1) is 29.6 Å². The fraction of sp³-hybridized carbons (Fsp3) is 0.318. The fourth-order valence-electron chi connectivity index (χ4n) is 2.94. The summed E-state index contributed by atoms with van der Waals surface area (Å²) in [5, 5.41) is 5.86. The van der Waals surface area contributed by atoms with Crippen molar-refractivity contribution in [3.8, 4) is 0 Å². The molecule has 0 aromatic heterocycles. The molecule has 7 heteroatoms. The predicted octanol–water partition coefficient (Wildman–Crippen LogP) is 3.19. The van der Waals surface area contributed by atoms with Gasteiger partial charge in [-0.05, 0) is 31.5 Å². The van der Waals surface area contributed by atoms with Gasteiger partial charge in [0, 0.05) is 13.1 Å². The largest absolute Gasteiger partial charge is 0.347 e. The van der Waals surface area contributed by atoms with Gasteiger partial charge in [0.2, 0.25) is 11.8 Å². The summed E-state index contributed by atoms with van der Waals surface area (Å²) in [6.07, 6.45) is 0.00569. The Balaban J connectivity index is 2.07. The number of hydrogen-bond acceptors (Lipinski definition) is 3. The molecule has 0 radical (unpaired) electrons. The number of hydrogen-bond donors (Lipinski definition) is 2. The Morgan fingerprint density at radius 2 is 1.59 bits per heavy atom. The van der Waals surface area contributed by atoms with Crippen LogP contribution >= 0.6 is 11.6 Å². The summed E-state index contributed by atoms with van der Waals surface area (Å²) in [5.41, 5.74) is 1.13. The van der Waals surface area contributed by atoms with Crippen LogP contribution in [0.15, 0.2) is 54.6 Å². The van der Waals surface area contributed by atoms with Gasteiger partial charge in [-0.2, -0.15) is 0 Å². The van der Waals surface area contributed by atoms with Crippen LogP contribution < -0.4 is 10.6 Å². The van der Waals surface area contributed by atoms with Crippen molar-refractivity contribution in [1.29, 1.82) is 0 Å². The average molecular weight is 416 g/mol. The quantitative estimate of drug-likeness (QED) is 0.660. The number of amides is 3. The monoisotopic (exact) mass is 415 g/mol. The van der Waals surface area contributed by atoms with Gasteiger partial charge in [-0.3, -0.25) is 14.4 Å². The lowest BCUT2D eigenvalue weighted by Crippen LogP contribution is -2.41. The summed E-state index contributed by atoms with van der Waals surface area (Å²) in [5.74, 6) is -0.824. The molecule has 1 atom stereocenters. The van der Waals surface area contributed by atoms with E-state index in [0.29, 0.717) is 23.7 Å². The highest BCUT2D eigenvalue weighted by Gasteiger charge is 2.21. The Labute approximate surface area is 176 Å². The van der Waals surface area contributed by atoms with E-state index in [2.05, 4.69) is 10.6 Å². The van der Waals surface area contributed by atoms with E-state index in [4.69, 9.17) is 11.6 Å². The molecule has 0 fully saturated rings. The predicted molar refractivity (Wildman–Crippen MR) is 114 cm³/mol. The third kappa shape index (κ3) is 6.61. The van der Waals surface area contributed by atoms with Crippen LogP contribution in [-0.2, 0) is 9.59 Å². The second-order valence-corrected chi connectivity index (χ2v) is 6.87. The molecule has 0 aliphatic carbocycles. The van der Waals surface area contributed by atoms with Gasteiger partial charge < -0.3 is 15.5 Å². The smallest absolute Gasteiger partial charge is 0.253 e. The maximum absolute atomic E-state index is 12.7. The van der Waals surface area contributed by atoms with Crippen LogP contribution in [0.5, 0.6) is 0 Å². The van der Waals surface area contributed by atoms with Gasteiger partial charge in [-0.25, -0.2) is 0 Å². The summed E-state index contributed by atoms with van der Waals surface area (Å²) in [6.45, 7) is 4.88. The zero-order valence-electron chi connectivity index (χ0n) is 16.7. The summed E-state index contributed by atoms with van der Waals surface area (Å²) in [6, 6.07) is 15.4. The van der Waals surface area contributed by atoms with E-state index in [1.165, 1.54) is 0 Å². The molecule has 0 spiro atoms. The molecule has 0 aliphatic rings. The Hall–Kier alpha value is -2.86. The van der Waals surface area contributed by atoms with Crippen LogP contribution in [-0.4, -0.2) is 42.3 Å². The standard InChI is InChI=1S/C22H26ClN3O3/c1-3-26(4-2)21(28)15-24-20(27)14-19(16-10-6-5-7-11-16)25-22(29)17-12-8-9-13-18(17)23/h5-13,19H,3-4,14-15H2,1-2H3,(H,24,27)(H,25,29). The zero-order chi connectivity index (χ0) is 21.2. The number of carbonyl (C=O) groups excluding carboxylic acids is 3. The first-order valence-electron chi connectivity index (χ1n) is 9.61. The Kier molecular flexibility index (Phi) is 8.68. The van der Waals surface area contributed by atoms with Crippen molar-refractivity contribution in [3.05, 3.63) is 70.7 Å². The average Bonchev–Trinajstić information content (AvgIpc) is 2.73. The van der Waals surface area contributed by atoms with Crippen LogP contribution in [0.3, 0.4) is 0 Å². The van der Waals surface area contributed by atoms with E-state index < -0.39 is 6.04 Å². The van der Waals surface area contributed by atoms with Crippen molar-refractivity contribution in [2.75, 3.05) is 19.6 Å². The first-order chi connectivity index (χ1) is 14.0. The van der Waals surface area contributed by atoms with Crippen molar-refractivity contribution in [2.45, 2.75) is 26.3 Å². The van der Waals surface area contributed by atoms with Gasteiger partial charge in [0.1, 0.15) is 0 Å². The second kappa shape index (κ2) is 11.2. The summed E-state index contributed by atoms with van der Waals surface area (Å²) in [7, 11) is 0. The highest BCUT2D eigenvalue weighted by atomic mass is 35.5. The lowest BCUT2D eigenvalue weighted by molar-refractivity contribution is -0.132. The molecule has 2 rings (SSSR count). The van der Waals surface area contributed by atoms with Crippen molar-refractivity contribution < 1.29 is 14.4 Å². The summed E-state index contributed by atoms with van der Waals surface area (Å²) in [4.78, 5) is 38.9. The Morgan fingerprint density at radius 3 is 2.21 bits per heavy atom. The molecule has 2 N–H and O–H groups in total. The Bertz CT molecular complexity index is 838. The van der Waals surface area contributed by atoms with Crippen molar-refractivity contribution in [2.24, 2.45) is 0 Å². The third-order valence-electron chi connectivity index (χ3n) is 4.57. The van der Waals surface area contributed by atoms with E-state index >= 15 is 0 Å². The molecule has 0 saturated heterocycles. The van der Waals surface area contributed by atoms with Crippen LogP contribution in [0, 0.1) is 0 Å². The zero-order valence-corrected chi connectivity index (χ0v) is 17.4. The minimum Gasteiger partial charge on any atom is -0.347 e. The van der Waals surface area contributed by atoms with Crippen LogP contribution in [0.4, 0.5) is 0 Å². The summed E-state index contributed by atoms with van der Waals surface area (Å²) >= 11 is 6.11. The second-order valence-electron chi connectivity index (χ2n) is 6.46. The SMILES string of the molecule is CCN(CC)C(=O)CNC(=O)CC(NC(=O)c1ccccc1Cl)c1ccccc1. The highest BCUT2D eigenvalue weighted by Crippen LogP contribution is 2.20. The molecule has 29 heavy (non-hydrogen) atoms. The van der Waals surface area contributed by atoms with E-state index in [-0.39, 0.29) is 30.7 Å². The van der Waals surface area contributed by atoms with Gasteiger partial charge >= 0.3 is 0 Å². The van der Waals surface area contributed by atoms with Gasteiger partial charge in [0.25, 0.3) is 5.91 Å². The van der Waals surface area contributed by atoms with Gasteiger partial charge in [-0.15, -0.1) is 0 Å². The fourth-order valence-corrected chi connectivity index (χ4v) is 3.16. The topological polar surface area (TPSA) is 78.5 Å². The number of nitrogens with zero attached hydrogens (tertiary/aromatic N) is 1. The number of halogens is 1. The molecule has 2 aromatic rings. The molecule has 6 nitrogen and oxygen atoms in total. The molecule has 0 saturated carbocycles.